The molecule has 1 aromatic rings. The molecule has 2 aliphatic rings. The number of hydrogen-bond acceptors (Lipinski definition) is 2. The maximum atomic E-state index is 12.3. The van der Waals surface area contributed by atoms with Crippen molar-refractivity contribution in [2.45, 2.75) is 32.7 Å². The van der Waals surface area contributed by atoms with E-state index in [0.717, 1.165) is 24.0 Å². The molecule has 0 aromatic heterocycles. The first-order valence-corrected chi connectivity index (χ1v) is 7.83. The SMILES string of the molecule is Cc1ccccc1CNC(=O)N1C[C@@H]2CCC[C@@]2(C(=O)O)C1. The smallest absolute Gasteiger partial charge is 0.317 e. The highest BCUT2D eigenvalue weighted by molar-refractivity contribution is 5.80. The Morgan fingerprint density at radius 1 is 1.41 bits per heavy atom. The Kier molecular flexibility index (Phi) is 3.81. The molecule has 0 spiro atoms. The van der Waals surface area contributed by atoms with Crippen molar-refractivity contribution in [3.05, 3.63) is 35.4 Å². The van der Waals surface area contributed by atoms with Crippen molar-refractivity contribution in [1.29, 1.82) is 0 Å². The van der Waals surface area contributed by atoms with Gasteiger partial charge in [0.1, 0.15) is 0 Å². The Morgan fingerprint density at radius 2 is 2.18 bits per heavy atom. The zero-order valence-electron chi connectivity index (χ0n) is 12.8. The van der Waals surface area contributed by atoms with Crippen LogP contribution in [0.3, 0.4) is 0 Å². The molecule has 0 unspecified atom stereocenters. The van der Waals surface area contributed by atoms with Gasteiger partial charge in [-0.2, -0.15) is 0 Å². The quantitative estimate of drug-likeness (QED) is 0.900. The number of carbonyl (C=O) groups is 2. The Balaban J connectivity index is 1.63. The van der Waals surface area contributed by atoms with Crippen LogP contribution in [0.1, 0.15) is 30.4 Å². The highest BCUT2D eigenvalue weighted by atomic mass is 16.4. The summed E-state index contributed by atoms with van der Waals surface area (Å²) in [5.74, 6) is -0.640. The molecule has 2 amide bonds. The molecule has 2 fully saturated rings. The molecule has 1 aliphatic carbocycles. The highest BCUT2D eigenvalue weighted by Crippen LogP contribution is 2.48. The first-order valence-electron chi connectivity index (χ1n) is 7.83. The van der Waals surface area contributed by atoms with Crippen LogP contribution in [-0.2, 0) is 11.3 Å². The van der Waals surface area contributed by atoms with Gasteiger partial charge in [-0.3, -0.25) is 4.79 Å². The van der Waals surface area contributed by atoms with Gasteiger partial charge < -0.3 is 15.3 Å². The second-order valence-electron chi connectivity index (χ2n) is 6.52. The zero-order chi connectivity index (χ0) is 15.7. The number of carbonyl (C=O) groups excluding carboxylic acids is 1. The lowest BCUT2D eigenvalue weighted by molar-refractivity contribution is -0.149. The summed E-state index contributed by atoms with van der Waals surface area (Å²) < 4.78 is 0. The number of nitrogens with one attached hydrogen (secondary N) is 1. The summed E-state index contributed by atoms with van der Waals surface area (Å²) in [6, 6.07) is 7.78. The van der Waals surface area contributed by atoms with Crippen LogP contribution in [-0.4, -0.2) is 35.1 Å². The van der Waals surface area contributed by atoms with Crippen molar-refractivity contribution in [2.24, 2.45) is 11.3 Å². The number of carboxylic acid groups (broad SMARTS) is 1. The van der Waals surface area contributed by atoms with Crippen molar-refractivity contribution >= 4 is 12.0 Å². The maximum Gasteiger partial charge on any atom is 0.317 e. The topological polar surface area (TPSA) is 69.6 Å². The van der Waals surface area contributed by atoms with Gasteiger partial charge in [-0.1, -0.05) is 30.7 Å². The van der Waals surface area contributed by atoms with Crippen molar-refractivity contribution in [1.82, 2.24) is 10.2 Å². The molecular weight excluding hydrogens is 280 g/mol. The van der Waals surface area contributed by atoms with Crippen LogP contribution in [0.25, 0.3) is 0 Å². The van der Waals surface area contributed by atoms with E-state index in [1.807, 2.05) is 31.2 Å². The van der Waals surface area contributed by atoms with Crippen LogP contribution in [0.15, 0.2) is 24.3 Å². The molecule has 2 N–H and O–H groups in total. The zero-order valence-corrected chi connectivity index (χ0v) is 12.8. The van der Waals surface area contributed by atoms with Gasteiger partial charge >= 0.3 is 12.0 Å². The monoisotopic (exact) mass is 302 g/mol. The van der Waals surface area contributed by atoms with E-state index in [9.17, 15) is 14.7 Å². The summed E-state index contributed by atoms with van der Waals surface area (Å²) in [6.07, 6.45) is 2.55. The van der Waals surface area contributed by atoms with Crippen molar-refractivity contribution in [2.75, 3.05) is 13.1 Å². The molecule has 3 rings (SSSR count). The number of rotatable bonds is 3. The Bertz CT molecular complexity index is 601. The number of aliphatic carboxylic acids is 1. The second kappa shape index (κ2) is 5.63. The van der Waals surface area contributed by atoms with Crippen LogP contribution in [0, 0.1) is 18.3 Å². The molecule has 5 heteroatoms. The van der Waals surface area contributed by atoms with Crippen LogP contribution in [0.4, 0.5) is 4.79 Å². The van der Waals surface area contributed by atoms with Crippen LogP contribution in [0.5, 0.6) is 0 Å². The first kappa shape index (κ1) is 14.9. The van der Waals surface area contributed by atoms with Crippen molar-refractivity contribution in [3.8, 4) is 0 Å². The van der Waals surface area contributed by atoms with E-state index in [-0.39, 0.29) is 11.9 Å². The summed E-state index contributed by atoms with van der Waals surface area (Å²) in [5.41, 5.74) is 1.52. The number of benzene rings is 1. The van der Waals surface area contributed by atoms with E-state index in [4.69, 9.17) is 0 Å². The molecule has 1 aromatic carbocycles. The molecule has 1 saturated heterocycles. The Hall–Kier alpha value is -2.04. The third kappa shape index (κ3) is 2.45. The molecule has 0 radical (unpaired) electrons. The fraction of sp³-hybridized carbons (Fsp3) is 0.529. The third-order valence-electron chi connectivity index (χ3n) is 5.28. The molecule has 1 aliphatic heterocycles. The van der Waals surface area contributed by atoms with Gasteiger partial charge in [0, 0.05) is 19.6 Å². The van der Waals surface area contributed by atoms with E-state index in [2.05, 4.69) is 5.32 Å². The van der Waals surface area contributed by atoms with Gasteiger partial charge in [0.25, 0.3) is 0 Å². The third-order valence-corrected chi connectivity index (χ3v) is 5.28. The summed E-state index contributed by atoms with van der Waals surface area (Å²) in [4.78, 5) is 25.7. The molecule has 22 heavy (non-hydrogen) atoms. The van der Waals surface area contributed by atoms with Crippen LogP contribution >= 0.6 is 0 Å². The van der Waals surface area contributed by atoms with Gasteiger partial charge in [0.15, 0.2) is 0 Å². The minimum absolute atomic E-state index is 0.106. The number of aryl methyl sites for hydroxylation is 1. The summed E-state index contributed by atoms with van der Waals surface area (Å²) in [6.45, 7) is 3.40. The normalized spacial score (nSPS) is 26.8. The largest absolute Gasteiger partial charge is 0.481 e. The van der Waals surface area contributed by atoms with Crippen molar-refractivity contribution < 1.29 is 14.7 Å². The van der Waals surface area contributed by atoms with E-state index in [1.54, 1.807) is 4.90 Å². The summed E-state index contributed by atoms with van der Waals surface area (Å²) in [5, 5.41) is 12.5. The van der Waals surface area contributed by atoms with E-state index < -0.39 is 11.4 Å². The van der Waals surface area contributed by atoms with Gasteiger partial charge in [0.2, 0.25) is 0 Å². The molecule has 1 heterocycles. The second-order valence-corrected chi connectivity index (χ2v) is 6.52. The average Bonchev–Trinajstić information content (AvgIpc) is 3.04. The maximum absolute atomic E-state index is 12.3. The number of urea groups is 1. The predicted molar refractivity (Wildman–Crippen MR) is 82.4 cm³/mol. The minimum atomic E-state index is -0.746. The number of hydrogen-bond donors (Lipinski definition) is 2. The molecule has 1 saturated carbocycles. The molecule has 118 valence electrons. The standard InChI is InChI=1S/C17H22N2O3/c1-12-5-2-3-6-13(12)9-18-16(22)19-10-14-7-4-8-17(14,11-19)15(20)21/h2-3,5-6,14H,4,7-11H2,1H3,(H,18,22)(H,20,21)/t14-,17+/m0/s1. The number of likely N-dealkylation sites (tertiary alicyclic amines) is 1. The number of amides is 2. The Morgan fingerprint density at radius 3 is 2.86 bits per heavy atom. The van der Waals surface area contributed by atoms with Gasteiger partial charge in [0.05, 0.1) is 5.41 Å². The lowest BCUT2D eigenvalue weighted by Crippen LogP contribution is -2.41. The van der Waals surface area contributed by atoms with Gasteiger partial charge in [-0.25, -0.2) is 4.79 Å². The summed E-state index contributed by atoms with van der Waals surface area (Å²) >= 11 is 0. The molecule has 0 bridgehead atoms. The minimum Gasteiger partial charge on any atom is -0.481 e. The summed E-state index contributed by atoms with van der Waals surface area (Å²) in [7, 11) is 0. The van der Waals surface area contributed by atoms with E-state index >= 15 is 0 Å². The van der Waals surface area contributed by atoms with Gasteiger partial charge in [-0.05, 0) is 36.8 Å². The number of nitrogens with zero attached hydrogens (tertiary/aromatic N) is 1. The highest BCUT2D eigenvalue weighted by Gasteiger charge is 2.55. The van der Waals surface area contributed by atoms with E-state index in [0.29, 0.717) is 26.1 Å². The number of fused-ring (bicyclic) bond motifs is 1. The fourth-order valence-corrected chi connectivity index (χ4v) is 3.88. The predicted octanol–water partition coefficient (Wildman–Crippen LogP) is 2.39. The number of carboxylic acids is 1. The lowest BCUT2D eigenvalue weighted by atomic mass is 9.81. The lowest BCUT2D eigenvalue weighted by Gasteiger charge is -2.23. The molecule has 2 atom stereocenters. The fourth-order valence-electron chi connectivity index (χ4n) is 3.88. The van der Waals surface area contributed by atoms with Crippen LogP contribution < -0.4 is 5.32 Å². The molecule has 5 nitrogen and oxygen atoms in total. The van der Waals surface area contributed by atoms with E-state index in [1.165, 1.54) is 0 Å². The van der Waals surface area contributed by atoms with Crippen molar-refractivity contribution in [3.63, 3.8) is 0 Å². The van der Waals surface area contributed by atoms with Gasteiger partial charge in [-0.15, -0.1) is 0 Å². The first-order chi connectivity index (χ1) is 10.5. The average molecular weight is 302 g/mol. The Labute approximate surface area is 130 Å². The molecular formula is C17H22N2O3. The van der Waals surface area contributed by atoms with Crippen LogP contribution in [0.2, 0.25) is 0 Å².